The predicted octanol–water partition coefficient (Wildman–Crippen LogP) is 5.50. The lowest BCUT2D eigenvalue weighted by molar-refractivity contribution is 0.727. The lowest BCUT2D eigenvalue weighted by Gasteiger charge is -2.36. The third-order valence-corrected chi connectivity index (χ3v) is 17.6. The van der Waals surface area contributed by atoms with Gasteiger partial charge in [0.25, 0.3) is 0 Å². The van der Waals surface area contributed by atoms with E-state index in [1.54, 1.807) is 0 Å². The van der Waals surface area contributed by atoms with Crippen LogP contribution in [0, 0.1) is 0 Å². The minimum Gasteiger partial charge on any atom is -0.262 e. The van der Waals surface area contributed by atoms with Gasteiger partial charge in [-0.25, -0.2) is 0 Å². The molecule has 0 bridgehead atoms. The van der Waals surface area contributed by atoms with Crippen molar-refractivity contribution in [1.82, 2.24) is 9.97 Å². The van der Waals surface area contributed by atoms with Crippen molar-refractivity contribution in [1.29, 1.82) is 0 Å². The van der Waals surface area contributed by atoms with Crippen LogP contribution in [0.5, 0.6) is 0 Å². The molecule has 0 spiro atoms. The Morgan fingerprint density at radius 3 is 1.26 bits per heavy atom. The van der Waals surface area contributed by atoms with Gasteiger partial charge < -0.3 is 0 Å². The molecule has 2 heterocycles. The summed E-state index contributed by atoms with van der Waals surface area (Å²) in [6.45, 7) is 23.8. The Balaban J connectivity index is 2.34. The summed E-state index contributed by atoms with van der Waals surface area (Å²) in [6, 6.07) is 13.1. The Morgan fingerprint density at radius 2 is 0.963 bits per heavy atom. The van der Waals surface area contributed by atoms with Gasteiger partial charge in [0, 0.05) is 28.4 Å². The zero-order valence-electron chi connectivity index (χ0n) is 19.1. The molecule has 2 nitrogen and oxygen atoms in total. The van der Waals surface area contributed by atoms with Crippen LogP contribution in [0.3, 0.4) is 0 Å². The molecule has 2 rings (SSSR count). The molecule has 0 fully saturated rings. The highest BCUT2D eigenvalue weighted by atomic mass is 28.3. The maximum absolute atomic E-state index is 5.08. The number of aromatic nitrogens is 2. The minimum absolute atomic E-state index is 0.291. The molecule has 0 atom stereocenters. The molecule has 0 saturated heterocycles. The summed E-state index contributed by atoms with van der Waals surface area (Å²) in [5.74, 6) is 0. The monoisotopic (exact) mass is 398 g/mol. The van der Waals surface area contributed by atoms with Gasteiger partial charge in [-0.2, -0.15) is 0 Å². The minimum atomic E-state index is -1.62. The van der Waals surface area contributed by atoms with E-state index in [2.05, 4.69) is 104 Å². The van der Waals surface area contributed by atoms with Gasteiger partial charge in [-0.15, -0.1) is 0 Å². The second-order valence-electron chi connectivity index (χ2n) is 11.0. The maximum atomic E-state index is 5.08. The third kappa shape index (κ3) is 4.60. The van der Waals surface area contributed by atoms with E-state index in [0.717, 1.165) is 17.8 Å². The summed E-state index contributed by atoms with van der Waals surface area (Å²) in [7, 11) is -3.24. The van der Waals surface area contributed by atoms with E-state index >= 15 is 0 Å². The summed E-state index contributed by atoms with van der Waals surface area (Å²) in [6.07, 6.45) is 0.810. The lowest BCUT2D eigenvalue weighted by Crippen LogP contribution is -2.51. The molecule has 0 N–H and O–H groups in total. The van der Waals surface area contributed by atoms with Gasteiger partial charge >= 0.3 is 0 Å². The van der Waals surface area contributed by atoms with E-state index in [0.29, 0.717) is 10.1 Å². The van der Waals surface area contributed by atoms with E-state index in [1.807, 2.05) is 0 Å². The molecule has 0 radical (unpaired) electrons. The number of hydrogen-bond acceptors (Lipinski definition) is 2. The van der Waals surface area contributed by atoms with Crippen molar-refractivity contribution in [2.45, 2.75) is 84.2 Å². The summed E-state index contributed by atoms with van der Waals surface area (Å²) in [5.41, 5.74) is 2.27. The number of pyridine rings is 2. The van der Waals surface area contributed by atoms with Crippen molar-refractivity contribution in [3.63, 3.8) is 0 Å². The van der Waals surface area contributed by atoms with Gasteiger partial charge in [-0.3, -0.25) is 9.97 Å². The Morgan fingerprint density at radius 1 is 0.630 bits per heavy atom. The normalized spacial score (nSPS) is 13.7. The van der Waals surface area contributed by atoms with E-state index in [9.17, 15) is 0 Å². The average molecular weight is 399 g/mol. The van der Waals surface area contributed by atoms with Crippen molar-refractivity contribution < 1.29 is 0 Å². The zero-order chi connectivity index (χ0) is 20.7. The second kappa shape index (κ2) is 7.28. The van der Waals surface area contributed by atoms with E-state index < -0.39 is 16.1 Å². The zero-order valence-corrected chi connectivity index (χ0v) is 21.1. The summed E-state index contributed by atoms with van der Waals surface area (Å²) in [5, 5.41) is 3.18. The van der Waals surface area contributed by atoms with Gasteiger partial charge in [0.2, 0.25) is 0 Å². The van der Waals surface area contributed by atoms with Crippen LogP contribution in [0.15, 0.2) is 36.4 Å². The third-order valence-electron chi connectivity index (χ3n) is 7.01. The fourth-order valence-electron chi connectivity index (χ4n) is 2.81. The van der Waals surface area contributed by atoms with Crippen molar-refractivity contribution in [3.05, 3.63) is 47.8 Å². The number of hydrogen-bond donors (Lipinski definition) is 0. The molecule has 0 saturated carbocycles. The molecular formula is C23H38N2Si2. The molecule has 0 aromatic carbocycles. The Hall–Kier alpha value is -1.27. The highest BCUT2D eigenvalue weighted by Crippen LogP contribution is 2.36. The molecule has 0 amide bonds. The van der Waals surface area contributed by atoms with Gasteiger partial charge in [-0.1, -0.05) is 79.9 Å². The average Bonchev–Trinajstić information content (AvgIpc) is 2.53. The first-order valence-corrected chi connectivity index (χ1v) is 16.1. The van der Waals surface area contributed by atoms with Crippen LogP contribution in [-0.4, -0.2) is 26.1 Å². The van der Waals surface area contributed by atoms with Gasteiger partial charge in [0.05, 0.1) is 0 Å². The Bertz CT molecular complexity index is 729. The van der Waals surface area contributed by atoms with Crippen molar-refractivity contribution in [2.24, 2.45) is 0 Å². The van der Waals surface area contributed by atoms with Gasteiger partial charge in [0.1, 0.15) is 16.1 Å². The summed E-state index contributed by atoms with van der Waals surface area (Å²) in [4.78, 5) is 10.2. The fourth-order valence-corrected chi connectivity index (χ4v) is 6.22. The van der Waals surface area contributed by atoms with Gasteiger partial charge in [-0.05, 0) is 34.3 Å². The van der Waals surface area contributed by atoms with Crippen LogP contribution < -0.4 is 10.6 Å². The summed E-state index contributed by atoms with van der Waals surface area (Å²) >= 11 is 0. The van der Waals surface area contributed by atoms with Crippen molar-refractivity contribution >= 4 is 26.8 Å². The van der Waals surface area contributed by atoms with Crippen molar-refractivity contribution in [3.8, 4) is 0 Å². The molecule has 27 heavy (non-hydrogen) atoms. The van der Waals surface area contributed by atoms with E-state index in [-0.39, 0.29) is 0 Å². The molecule has 2 aromatic heterocycles. The first-order valence-electron chi connectivity index (χ1n) is 10.1. The van der Waals surface area contributed by atoms with Crippen LogP contribution in [0.4, 0.5) is 0 Å². The molecule has 4 heteroatoms. The number of rotatable bonds is 4. The smallest absolute Gasteiger partial charge is 0.109 e. The van der Waals surface area contributed by atoms with Crippen LogP contribution in [0.1, 0.15) is 52.9 Å². The molecule has 0 unspecified atom stereocenters. The maximum Gasteiger partial charge on any atom is 0.109 e. The second-order valence-corrected chi connectivity index (χ2v) is 21.5. The Labute approximate surface area is 168 Å². The van der Waals surface area contributed by atoms with E-state index in [1.165, 1.54) is 10.6 Å². The quantitative estimate of drug-likeness (QED) is 0.636. The van der Waals surface area contributed by atoms with Crippen molar-refractivity contribution in [2.75, 3.05) is 0 Å². The largest absolute Gasteiger partial charge is 0.262 e. The highest BCUT2D eigenvalue weighted by Gasteiger charge is 2.39. The first kappa shape index (κ1) is 22.0. The van der Waals surface area contributed by atoms with Crippen LogP contribution in [0.25, 0.3) is 0 Å². The SMILES string of the molecule is CC(C)(C)[Si](C)(C)c1cccc(Cc2cccc([Si](C)(C)C(C)(C)C)n2)n1. The fraction of sp³-hybridized carbons (Fsp3) is 0.565. The predicted molar refractivity (Wildman–Crippen MR) is 125 cm³/mol. The first-order chi connectivity index (χ1) is 12.2. The number of nitrogens with zero attached hydrogens (tertiary/aromatic N) is 2. The topological polar surface area (TPSA) is 25.8 Å². The molecule has 0 aliphatic rings. The van der Waals surface area contributed by atoms with Crippen LogP contribution in [-0.2, 0) is 6.42 Å². The van der Waals surface area contributed by atoms with Crippen LogP contribution >= 0.6 is 0 Å². The van der Waals surface area contributed by atoms with Crippen LogP contribution in [0.2, 0.25) is 36.3 Å². The van der Waals surface area contributed by atoms with Gasteiger partial charge in [0.15, 0.2) is 0 Å². The summed E-state index contributed by atoms with van der Waals surface area (Å²) < 4.78 is 0. The Kier molecular flexibility index (Phi) is 5.94. The molecule has 148 valence electrons. The molecule has 0 aliphatic carbocycles. The van der Waals surface area contributed by atoms with E-state index in [4.69, 9.17) is 9.97 Å². The molecular weight excluding hydrogens is 360 g/mol. The molecule has 0 aliphatic heterocycles. The highest BCUT2D eigenvalue weighted by molar-refractivity contribution is 6.92. The lowest BCUT2D eigenvalue weighted by atomic mass is 10.2. The molecule has 2 aromatic rings. The standard InChI is InChI=1S/C23H38N2Si2/c1-22(2,3)26(7,8)20-15-11-13-18(24-20)17-19-14-12-16-21(25-19)27(9,10)23(4,5)6/h11-16H,17H2,1-10H3.